The Bertz CT molecular complexity index is 4710. The van der Waals surface area contributed by atoms with E-state index in [1.54, 1.807) is 63.1 Å². The highest BCUT2D eigenvalue weighted by atomic mass is 32.2. The molecular weight excluding hydrogens is 1820 g/mol. The number of ketones is 2. The molecular formula is C77H143N39O16S3. The number of amides is 6. The van der Waals surface area contributed by atoms with Crippen LogP contribution in [0.25, 0.3) is 0 Å². The normalized spacial score (nSPS) is 12.7. The second-order valence-corrected chi connectivity index (χ2v) is 31.7. The Morgan fingerprint density at radius 3 is 1.56 bits per heavy atom. The summed E-state index contributed by atoms with van der Waals surface area (Å²) in [6.07, 6.45) is 11.3. The lowest BCUT2D eigenvalue weighted by Gasteiger charge is -2.22. The van der Waals surface area contributed by atoms with E-state index in [1.165, 1.54) is 35.1 Å². The van der Waals surface area contributed by atoms with E-state index in [0.717, 1.165) is 171 Å². The molecule has 55 nitrogen and oxygen atoms in total. The number of urea groups is 1. The van der Waals surface area contributed by atoms with E-state index in [4.69, 9.17) is 15.3 Å². The van der Waals surface area contributed by atoms with Gasteiger partial charge in [-0.05, 0) is 171 Å². The van der Waals surface area contributed by atoms with Crippen molar-refractivity contribution in [3.63, 3.8) is 0 Å². The van der Waals surface area contributed by atoms with Crippen LogP contribution >= 0.6 is 35.0 Å². The van der Waals surface area contributed by atoms with Crippen LogP contribution in [0, 0.1) is 0 Å². The largest absolute Gasteiger partial charge is 0.504 e. The molecule has 6 amide bonds. The fourth-order valence-electron chi connectivity index (χ4n) is 10.6. The monoisotopic (exact) mass is 1970 g/mol. The number of allylic oxidation sites excluding steroid dienone is 2. The number of aliphatic hydroxyl groups excluding tert-OH is 2. The Balaban J connectivity index is 0.000000750. The molecule has 10 rings (SSSR count). The van der Waals surface area contributed by atoms with Gasteiger partial charge in [0.25, 0.3) is 28.5 Å². The van der Waals surface area contributed by atoms with Crippen LogP contribution in [0.1, 0.15) is 37.9 Å². The van der Waals surface area contributed by atoms with Gasteiger partial charge in [-0.1, -0.05) is 5.21 Å². The minimum Gasteiger partial charge on any atom is -0.504 e. The highest BCUT2D eigenvalue weighted by molar-refractivity contribution is 8.15. The molecule has 24 N–H and O–H groups in total. The van der Waals surface area contributed by atoms with Crippen LogP contribution < -0.4 is 127 Å². The number of aromatic amines is 6. The number of nitrogen functional groups attached to an aromatic ring is 1. The van der Waals surface area contributed by atoms with E-state index < -0.39 is 40.3 Å². The molecule has 1 unspecified atom stereocenters. The van der Waals surface area contributed by atoms with Gasteiger partial charge in [-0.2, -0.15) is 24.7 Å². The summed E-state index contributed by atoms with van der Waals surface area (Å²) in [5.41, 5.74) is 5.51. The third kappa shape index (κ3) is 50.0. The average Bonchev–Trinajstić information content (AvgIpc) is 1.71. The molecule has 135 heavy (non-hydrogen) atoms. The van der Waals surface area contributed by atoms with Crippen molar-refractivity contribution in [2.75, 3.05) is 307 Å². The molecule has 1 atom stereocenters. The number of Topliss-reactive ketones (excluding diaryl/α,β-unsaturated/α-hetero) is 1. The van der Waals surface area contributed by atoms with E-state index in [9.17, 15) is 63.0 Å². The van der Waals surface area contributed by atoms with Gasteiger partial charge in [-0.3, -0.25) is 76.9 Å². The Hall–Kier alpha value is -12.4. The summed E-state index contributed by atoms with van der Waals surface area (Å²) >= 11 is 3.50. The first-order valence-corrected chi connectivity index (χ1v) is 45.2. The fourth-order valence-corrected chi connectivity index (χ4v) is 12.6. The van der Waals surface area contributed by atoms with Gasteiger partial charge in [0.05, 0.1) is 12.2 Å². The summed E-state index contributed by atoms with van der Waals surface area (Å²) in [4.78, 5) is 151. The number of likely N-dealkylation sites (N-methyl/N-ethyl adjacent to an activating group) is 10. The quantitative estimate of drug-likeness (QED) is 0.00968. The topological polar surface area (TPSA) is 700 Å². The smallest absolute Gasteiger partial charge is 0.440 e. The Morgan fingerprint density at radius 2 is 1.09 bits per heavy atom. The van der Waals surface area contributed by atoms with Crippen molar-refractivity contribution in [2.24, 2.45) is 0 Å². The molecule has 1 fully saturated rings. The zero-order valence-corrected chi connectivity index (χ0v) is 83.3. The number of hydrogen-bond acceptors (Lipinski definition) is 48. The first-order chi connectivity index (χ1) is 64.5. The average molecular weight is 1970 g/mol. The maximum Gasteiger partial charge on any atom is 0.440 e. The third-order valence-corrected chi connectivity index (χ3v) is 20.9. The van der Waals surface area contributed by atoms with Gasteiger partial charge in [0.1, 0.15) is 34.9 Å². The highest BCUT2D eigenvalue weighted by Gasteiger charge is 2.35. The van der Waals surface area contributed by atoms with E-state index in [1.807, 2.05) is 128 Å². The first-order valence-electron chi connectivity index (χ1n) is 42.7. The predicted molar refractivity (Wildman–Crippen MR) is 524 cm³/mol. The second-order valence-electron chi connectivity index (χ2n) is 29.3. The third-order valence-electron chi connectivity index (χ3n) is 18.3. The van der Waals surface area contributed by atoms with Gasteiger partial charge in [0, 0.05) is 192 Å². The van der Waals surface area contributed by atoms with E-state index in [0.29, 0.717) is 74.4 Å². The van der Waals surface area contributed by atoms with Crippen molar-refractivity contribution in [1.82, 2.24) is 163 Å². The number of anilines is 7. The zero-order chi connectivity index (χ0) is 101. The number of H-pyrrole nitrogens is 6. The number of nitrogens with two attached hydrogens (primary N) is 1. The number of aliphatic hydroxyl groups is 2. The maximum atomic E-state index is 11.5. The summed E-state index contributed by atoms with van der Waals surface area (Å²) in [6, 6.07) is 1.47. The number of aromatic hydroxyl groups is 1. The zero-order valence-electron chi connectivity index (χ0n) is 80.9. The number of rotatable bonds is 46. The molecule has 0 saturated carbocycles. The van der Waals surface area contributed by atoms with Crippen molar-refractivity contribution in [3.05, 3.63) is 107 Å². The number of carbonyl (C=O) groups is 7. The molecule has 2 aliphatic heterocycles. The SMILES string of the molecule is CNCCCN(C)c1cc(=O)[nH]s1.CNCCCN(C)c1n[nH]c(N)n1.CNCCCN(C)c1ncn[nH]1.CNCCCN(C)c1noc(=O)[nH]1.CNCCCN(C)c1ns[nH]c1=O.CNCCN(C)C(=O)NCc1nn[nH]n1.CNCCN(C)C1=C(O)C(=O)NC1=O.CNCCN(C)C1=CC(=O)C=C(O)C1=O.CNCCN(C)C1SC(=O)NC1=O.CNCCN(C)c1cocc(O)c1=O. The molecule has 760 valence electrons. The van der Waals surface area contributed by atoms with Crippen LogP contribution in [0.5, 0.6) is 5.75 Å². The van der Waals surface area contributed by atoms with Gasteiger partial charge in [-0.25, -0.2) is 19.8 Å². The summed E-state index contributed by atoms with van der Waals surface area (Å²) in [7, 11) is 37.1. The van der Waals surface area contributed by atoms with Gasteiger partial charge < -0.3 is 128 Å². The lowest BCUT2D eigenvalue weighted by atomic mass is 10.1. The van der Waals surface area contributed by atoms with Crippen molar-refractivity contribution in [2.45, 2.75) is 44.0 Å². The number of nitrogens with zero attached hydrogens (tertiary/aromatic N) is 19. The summed E-state index contributed by atoms with van der Waals surface area (Å²) in [5, 5.41) is 94.8. The van der Waals surface area contributed by atoms with E-state index >= 15 is 0 Å². The number of carbonyl (C=O) groups excluding carboxylic acids is 7. The van der Waals surface area contributed by atoms with Crippen molar-refractivity contribution >= 4 is 116 Å². The van der Waals surface area contributed by atoms with E-state index in [-0.39, 0.29) is 63.1 Å². The van der Waals surface area contributed by atoms with Gasteiger partial charge in [0.15, 0.2) is 23.1 Å². The molecule has 9 heterocycles. The molecule has 1 saturated heterocycles. The molecule has 0 bridgehead atoms. The molecule has 0 spiro atoms. The minimum atomic E-state index is -0.735. The molecule has 1 aliphatic carbocycles. The summed E-state index contributed by atoms with van der Waals surface area (Å²) in [5.74, 6) is -0.966. The van der Waals surface area contributed by atoms with Crippen molar-refractivity contribution in [3.8, 4) is 5.75 Å². The highest BCUT2D eigenvalue weighted by Crippen LogP contribution is 2.22. The summed E-state index contributed by atoms with van der Waals surface area (Å²) < 4.78 is 18.4. The van der Waals surface area contributed by atoms with Crippen LogP contribution in [0.4, 0.5) is 49.9 Å². The molecule has 58 heteroatoms. The fraction of sp³-hybridized carbons (Fsp3) is 0.610. The first kappa shape index (κ1) is 121. The maximum absolute atomic E-state index is 11.5. The second kappa shape index (κ2) is 71.2. The number of thioether (sulfide) groups is 1. The number of imide groups is 2. The molecule has 7 aromatic heterocycles. The number of aromatic nitrogens is 15. The predicted octanol–water partition coefficient (Wildman–Crippen LogP) is -4.76. The van der Waals surface area contributed by atoms with E-state index in [2.05, 4.69) is 147 Å². The Morgan fingerprint density at radius 1 is 0.556 bits per heavy atom. The molecule has 3 aliphatic rings. The standard InChI is InChI=1S/C10H14N2O3.C9H14N2O3.C8H13N3O3.C8H15N3OS.C7H15N7O.C7H16N6.C7H15N5.C7H14N4O2.C7H14N4OS.C7H13N3O2S/c1-11-3-4-12(2)8-5-7(13)6-9(14)10(8)15;1-10-3-4-11(2)7-5-14-6-8(12)9(7)13;1-9-3-4-11(2)5-6(12)8(14)10-7(5)13;1-9-4-3-5-11(2)8-6-7(12)10-13-8;1-8-3-4-14(2)7(15)9-5-6-10-12-13-11-6;1-9-4-3-5-13(2)7-10-6(8)11-12-7;1-8-4-3-5-12(2)7-9-6-10-11-7;1-8-4-3-5-11(2)6-9-7(12)13-10-6;1-8-4-3-5-11(2)6-7(12)10-13-9-6;1-8-3-4-10(2)6-5(11)9-7(12)13-6/h5-6,11,14H,3-4H2,1-2H3;5-6,10,12H,3-4H2,1-2H3;9H,3-4H2,1-2H3,(H2,10,12,13,14);6,9H,3-5H2,1-2H3,(H,10,12);8H,3-5H2,1-2H3,(H,9,15)(H,10,11,12,13);9H,3-5H2,1-2H3,(H3,8,10,11,12);6,8H,3-5H2,1-2H3,(H,9,10,11);8H,3-5H2,1-2H3,(H,9,10,12);8H,3-5H2,1-2H3,(H,10,12);6,8H,3-4H2,1-2H3,(H,9,11,12). The van der Waals surface area contributed by atoms with Crippen LogP contribution in [-0.4, -0.2) is 427 Å². The summed E-state index contributed by atoms with van der Waals surface area (Å²) in [6.45, 7) is 16.6. The lowest BCUT2D eigenvalue weighted by Crippen LogP contribution is -2.40. The Kier molecular flexibility index (Phi) is 63.7. The number of nitrogens with one attached hydrogen (secondary N) is 19. The number of tetrazole rings is 1. The Labute approximate surface area is 796 Å². The minimum absolute atomic E-state index is 0.0135. The van der Waals surface area contributed by atoms with Gasteiger partial charge >= 0.3 is 17.3 Å². The van der Waals surface area contributed by atoms with Gasteiger partial charge in [0.2, 0.25) is 52.3 Å². The van der Waals surface area contributed by atoms with Crippen LogP contribution in [0.3, 0.4) is 0 Å². The molecule has 0 radical (unpaired) electrons. The number of hydrogen-bond donors (Lipinski definition) is 23. The van der Waals surface area contributed by atoms with Gasteiger partial charge in [-0.15, -0.1) is 15.3 Å². The van der Waals surface area contributed by atoms with Crippen molar-refractivity contribution < 1.29 is 57.8 Å². The molecule has 7 aromatic rings. The van der Waals surface area contributed by atoms with Crippen LogP contribution in [-0.2, 0) is 30.5 Å². The lowest BCUT2D eigenvalue weighted by molar-refractivity contribution is -0.125. The van der Waals surface area contributed by atoms with Crippen molar-refractivity contribution in [1.29, 1.82) is 0 Å². The van der Waals surface area contributed by atoms with Crippen LogP contribution in [0.2, 0.25) is 0 Å². The van der Waals surface area contributed by atoms with Crippen LogP contribution in [0.15, 0.2) is 88.1 Å². The molecule has 0 aromatic carbocycles.